The second-order valence-corrected chi connectivity index (χ2v) is 7.53. The highest BCUT2D eigenvalue weighted by Crippen LogP contribution is 2.42. The molecule has 0 radical (unpaired) electrons. The molecule has 4 aromatic rings. The smallest absolute Gasteiger partial charge is 0.259 e. The van der Waals surface area contributed by atoms with E-state index in [1.54, 1.807) is 42.1 Å². The van der Waals surface area contributed by atoms with Crippen LogP contribution in [0.15, 0.2) is 79.6 Å². The fourth-order valence-electron chi connectivity index (χ4n) is 3.11. The van der Waals surface area contributed by atoms with Gasteiger partial charge in [-0.2, -0.15) is 4.98 Å². The Morgan fingerprint density at radius 2 is 1.93 bits per heavy atom. The first-order valence-electron chi connectivity index (χ1n) is 8.94. The van der Waals surface area contributed by atoms with Crippen LogP contribution in [0, 0.1) is 0 Å². The van der Waals surface area contributed by atoms with Gasteiger partial charge in [-0.25, -0.2) is 0 Å². The van der Waals surface area contributed by atoms with Gasteiger partial charge in [-0.1, -0.05) is 29.1 Å². The highest BCUT2D eigenvalue weighted by Gasteiger charge is 2.25. The minimum atomic E-state index is -0.0236. The van der Waals surface area contributed by atoms with Crippen molar-refractivity contribution < 1.29 is 13.7 Å². The van der Waals surface area contributed by atoms with Gasteiger partial charge in [0.2, 0.25) is 5.82 Å². The molecular formula is C22H15N3O3S. The van der Waals surface area contributed by atoms with E-state index < -0.39 is 0 Å². The topological polar surface area (TPSA) is 72.4 Å². The summed E-state index contributed by atoms with van der Waals surface area (Å²) in [6.07, 6.45) is 5.07. The lowest BCUT2D eigenvalue weighted by Gasteiger charge is -2.17. The minimum Gasteiger partial charge on any atom is -0.465 e. The molecule has 0 bridgehead atoms. The van der Waals surface area contributed by atoms with Crippen LogP contribution in [-0.4, -0.2) is 23.1 Å². The van der Waals surface area contributed by atoms with Crippen molar-refractivity contribution in [3.63, 3.8) is 0 Å². The van der Waals surface area contributed by atoms with Gasteiger partial charge < -0.3 is 13.8 Å². The molecule has 7 heteroatoms. The second-order valence-electron chi connectivity index (χ2n) is 6.45. The van der Waals surface area contributed by atoms with Gasteiger partial charge in [0.05, 0.1) is 17.5 Å². The number of amides is 1. The number of benzene rings is 2. The van der Waals surface area contributed by atoms with Gasteiger partial charge in [0.25, 0.3) is 11.8 Å². The number of hydrogen-bond donors (Lipinski definition) is 0. The Balaban J connectivity index is 1.49. The zero-order valence-electron chi connectivity index (χ0n) is 15.4. The SMILES string of the molecule is CN1C(=O)c2ccccc2Sc2cc(-c3noc(C=Cc4ccco4)n3)ccc21. The van der Waals surface area contributed by atoms with E-state index in [0.717, 1.165) is 21.0 Å². The number of furan rings is 1. The van der Waals surface area contributed by atoms with Crippen LogP contribution in [0.2, 0.25) is 0 Å². The third-order valence-electron chi connectivity index (χ3n) is 4.60. The third kappa shape index (κ3) is 3.25. The van der Waals surface area contributed by atoms with Gasteiger partial charge >= 0.3 is 0 Å². The standard InChI is InChI=1S/C22H15N3O3S/c1-25-17-10-8-14(13-19(17)29-18-7-3-2-6-16(18)22(25)26)21-23-20(28-24-21)11-9-15-5-4-12-27-15/h2-13H,1H3. The molecule has 1 aliphatic heterocycles. The Labute approximate surface area is 170 Å². The summed E-state index contributed by atoms with van der Waals surface area (Å²) in [5.74, 6) is 1.55. The van der Waals surface area contributed by atoms with Crippen LogP contribution in [-0.2, 0) is 0 Å². The molecule has 0 N–H and O–H groups in total. The molecule has 3 heterocycles. The summed E-state index contributed by atoms with van der Waals surface area (Å²) in [6, 6.07) is 17.1. The number of nitrogens with zero attached hydrogens (tertiary/aromatic N) is 3. The van der Waals surface area contributed by atoms with Crippen LogP contribution >= 0.6 is 11.8 Å². The predicted octanol–water partition coefficient (Wildman–Crippen LogP) is 5.24. The van der Waals surface area contributed by atoms with E-state index in [1.807, 2.05) is 54.6 Å². The van der Waals surface area contributed by atoms with Gasteiger partial charge in [-0.3, -0.25) is 4.79 Å². The van der Waals surface area contributed by atoms with Gasteiger partial charge in [-0.05, 0) is 48.5 Å². The van der Waals surface area contributed by atoms with Crippen LogP contribution in [0.1, 0.15) is 22.0 Å². The molecule has 5 rings (SSSR count). The Morgan fingerprint density at radius 3 is 2.79 bits per heavy atom. The van der Waals surface area contributed by atoms with Crippen molar-refractivity contribution in [1.29, 1.82) is 0 Å². The Kier molecular flexibility index (Phi) is 4.29. The summed E-state index contributed by atoms with van der Waals surface area (Å²) in [6.45, 7) is 0. The van der Waals surface area contributed by atoms with Crippen molar-refractivity contribution in [1.82, 2.24) is 10.1 Å². The average Bonchev–Trinajstić information content (AvgIpc) is 3.42. The zero-order valence-corrected chi connectivity index (χ0v) is 16.2. The molecule has 1 amide bonds. The van der Waals surface area contributed by atoms with Crippen molar-refractivity contribution in [3.8, 4) is 11.4 Å². The molecule has 29 heavy (non-hydrogen) atoms. The first kappa shape index (κ1) is 17.5. The van der Waals surface area contributed by atoms with E-state index in [9.17, 15) is 4.79 Å². The quantitative estimate of drug-likeness (QED) is 0.467. The highest BCUT2D eigenvalue weighted by molar-refractivity contribution is 7.99. The Morgan fingerprint density at radius 1 is 1.03 bits per heavy atom. The molecule has 0 saturated carbocycles. The highest BCUT2D eigenvalue weighted by atomic mass is 32.2. The van der Waals surface area contributed by atoms with E-state index in [4.69, 9.17) is 8.94 Å². The van der Waals surface area contributed by atoms with Crippen LogP contribution in [0.5, 0.6) is 0 Å². The van der Waals surface area contributed by atoms with Crippen molar-refractivity contribution in [2.45, 2.75) is 9.79 Å². The van der Waals surface area contributed by atoms with Crippen LogP contribution < -0.4 is 4.90 Å². The summed E-state index contributed by atoms with van der Waals surface area (Å²) in [5.41, 5.74) is 2.36. The van der Waals surface area contributed by atoms with Gasteiger partial charge in [0.15, 0.2) is 0 Å². The van der Waals surface area contributed by atoms with Crippen molar-refractivity contribution >= 4 is 35.5 Å². The maximum atomic E-state index is 12.8. The van der Waals surface area contributed by atoms with E-state index in [-0.39, 0.29) is 5.91 Å². The van der Waals surface area contributed by atoms with E-state index in [1.165, 1.54) is 0 Å². The number of carbonyl (C=O) groups is 1. The molecule has 0 spiro atoms. The second kappa shape index (κ2) is 7.10. The van der Waals surface area contributed by atoms with Crippen LogP contribution in [0.4, 0.5) is 5.69 Å². The van der Waals surface area contributed by atoms with Gasteiger partial charge in [0.1, 0.15) is 5.76 Å². The summed E-state index contributed by atoms with van der Waals surface area (Å²) in [7, 11) is 1.79. The maximum Gasteiger partial charge on any atom is 0.259 e. The number of fused-ring (bicyclic) bond motifs is 2. The number of aromatic nitrogens is 2. The molecule has 0 saturated heterocycles. The Hall–Kier alpha value is -3.58. The zero-order chi connectivity index (χ0) is 19.8. The molecule has 2 aromatic heterocycles. The molecule has 1 aliphatic rings. The molecule has 142 valence electrons. The molecule has 2 aromatic carbocycles. The summed E-state index contributed by atoms with van der Waals surface area (Å²) in [5, 5.41) is 4.08. The molecular weight excluding hydrogens is 386 g/mol. The molecule has 0 unspecified atom stereocenters. The number of rotatable bonds is 3. The monoisotopic (exact) mass is 401 g/mol. The number of hydrogen-bond acceptors (Lipinski definition) is 6. The lowest BCUT2D eigenvalue weighted by Crippen LogP contribution is -2.25. The first-order valence-corrected chi connectivity index (χ1v) is 9.75. The van der Waals surface area contributed by atoms with Crippen molar-refractivity contribution in [2.75, 3.05) is 11.9 Å². The van der Waals surface area contributed by atoms with Crippen LogP contribution in [0.3, 0.4) is 0 Å². The molecule has 6 nitrogen and oxygen atoms in total. The fraction of sp³-hybridized carbons (Fsp3) is 0.0455. The normalized spacial score (nSPS) is 13.4. The van der Waals surface area contributed by atoms with E-state index in [2.05, 4.69) is 10.1 Å². The lowest BCUT2D eigenvalue weighted by molar-refractivity contribution is 0.0990. The summed E-state index contributed by atoms with van der Waals surface area (Å²) < 4.78 is 10.6. The van der Waals surface area contributed by atoms with Crippen molar-refractivity contribution in [3.05, 3.63) is 78.1 Å². The maximum absolute atomic E-state index is 12.8. The average molecular weight is 401 g/mol. The molecule has 0 fully saturated rings. The van der Waals surface area contributed by atoms with Crippen LogP contribution in [0.25, 0.3) is 23.5 Å². The van der Waals surface area contributed by atoms with E-state index in [0.29, 0.717) is 23.0 Å². The Bertz CT molecular complexity index is 1230. The largest absolute Gasteiger partial charge is 0.465 e. The fourth-order valence-corrected chi connectivity index (χ4v) is 4.26. The predicted molar refractivity (Wildman–Crippen MR) is 111 cm³/mol. The number of anilines is 1. The minimum absolute atomic E-state index is 0.0236. The van der Waals surface area contributed by atoms with Crippen molar-refractivity contribution in [2.24, 2.45) is 0 Å². The summed E-state index contributed by atoms with van der Waals surface area (Å²) in [4.78, 5) is 20.8. The van der Waals surface area contributed by atoms with E-state index >= 15 is 0 Å². The third-order valence-corrected chi connectivity index (χ3v) is 5.72. The lowest BCUT2D eigenvalue weighted by atomic mass is 10.1. The summed E-state index contributed by atoms with van der Waals surface area (Å²) >= 11 is 1.56. The molecule has 0 aliphatic carbocycles. The van der Waals surface area contributed by atoms with Gasteiger partial charge in [-0.15, -0.1) is 0 Å². The molecule has 0 atom stereocenters. The first-order chi connectivity index (χ1) is 14.2. The number of carbonyl (C=O) groups excluding carboxylic acids is 1. The van der Waals surface area contributed by atoms with Gasteiger partial charge in [0, 0.05) is 28.5 Å².